The molecule has 2 aliphatic rings. The van der Waals surface area contributed by atoms with Gasteiger partial charge >= 0.3 is 5.97 Å². The number of fused-ring (bicyclic) bond motifs is 1. The van der Waals surface area contributed by atoms with Gasteiger partial charge in [-0.1, -0.05) is 12.1 Å². The summed E-state index contributed by atoms with van der Waals surface area (Å²) in [7, 11) is 2.07. The van der Waals surface area contributed by atoms with E-state index in [-0.39, 0.29) is 12.3 Å². The summed E-state index contributed by atoms with van der Waals surface area (Å²) in [5.74, 6) is 0.923. The minimum atomic E-state index is -0.686. The van der Waals surface area contributed by atoms with E-state index in [9.17, 15) is 9.90 Å². The van der Waals surface area contributed by atoms with Crippen molar-refractivity contribution in [2.75, 3.05) is 26.3 Å². The van der Waals surface area contributed by atoms with Crippen LogP contribution in [0.5, 0.6) is 0 Å². The number of rotatable bonds is 5. The smallest absolute Gasteiger partial charge is 0.303 e. The van der Waals surface area contributed by atoms with Gasteiger partial charge in [0.1, 0.15) is 5.82 Å². The lowest BCUT2D eigenvalue weighted by molar-refractivity contribution is -0.139. The second kappa shape index (κ2) is 7.98. The number of para-hydroxylation sites is 2. The highest BCUT2D eigenvalue weighted by Gasteiger charge is 2.35. The van der Waals surface area contributed by atoms with E-state index in [2.05, 4.69) is 22.6 Å². The number of benzene rings is 1. The van der Waals surface area contributed by atoms with Gasteiger partial charge in [-0.25, -0.2) is 4.98 Å². The van der Waals surface area contributed by atoms with Crippen LogP contribution in [0.4, 0.5) is 0 Å². The number of aliphatic carboxylic acids is 1. The van der Waals surface area contributed by atoms with Crippen LogP contribution < -0.4 is 0 Å². The quantitative estimate of drug-likeness (QED) is 0.875. The summed E-state index contributed by atoms with van der Waals surface area (Å²) in [4.78, 5) is 18.8. The van der Waals surface area contributed by atoms with E-state index >= 15 is 0 Å². The Morgan fingerprint density at radius 3 is 2.74 bits per heavy atom. The predicted molar refractivity (Wildman–Crippen MR) is 104 cm³/mol. The highest BCUT2D eigenvalue weighted by molar-refractivity contribution is 5.75. The second-order valence-electron chi connectivity index (χ2n) is 8.03. The number of carboxylic acid groups (broad SMARTS) is 1. The van der Waals surface area contributed by atoms with Crippen molar-refractivity contribution in [1.82, 2.24) is 14.5 Å². The van der Waals surface area contributed by atoms with Gasteiger partial charge in [0.15, 0.2) is 0 Å². The zero-order valence-corrected chi connectivity index (χ0v) is 16.0. The van der Waals surface area contributed by atoms with Crippen molar-refractivity contribution in [3.8, 4) is 0 Å². The van der Waals surface area contributed by atoms with Crippen LogP contribution in [0.2, 0.25) is 0 Å². The van der Waals surface area contributed by atoms with Crippen LogP contribution in [0.1, 0.15) is 31.5 Å². The lowest BCUT2D eigenvalue weighted by Gasteiger charge is -2.43. The van der Waals surface area contributed by atoms with E-state index in [1.807, 2.05) is 18.2 Å². The van der Waals surface area contributed by atoms with Crippen molar-refractivity contribution in [3.05, 3.63) is 30.1 Å². The van der Waals surface area contributed by atoms with Crippen LogP contribution in [0.3, 0.4) is 0 Å². The molecule has 0 amide bonds. The lowest BCUT2D eigenvalue weighted by atomic mass is 9.80. The molecule has 6 heteroatoms. The Balaban J connectivity index is 1.54. The van der Waals surface area contributed by atoms with Crippen LogP contribution in [0, 0.1) is 11.8 Å². The summed E-state index contributed by atoms with van der Waals surface area (Å²) in [6.07, 6.45) is 4.22. The average molecular weight is 371 g/mol. The third-order valence-electron chi connectivity index (χ3n) is 6.39. The minimum absolute atomic E-state index is 0.221. The average Bonchev–Trinajstić information content (AvgIpc) is 2.99. The SMILES string of the molecule is Cn1c(C[C@H]2CN(C3CCOCC3)CC[C@H]2CC(=O)O)nc2ccccc21. The largest absolute Gasteiger partial charge is 0.481 e. The van der Waals surface area contributed by atoms with Crippen LogP contribution >= 0.6 is 0 Å². The molecule has 2 aromatic rings. The molecule has 0 saturated carbocycles. The Morgan fingerprint density at radius 1 is 1.22 bits per heavy atom. The molecule has 0 aliphatic carbocycles. The zero-order chi connectivity index (χ0) is 18.8. The Hall–Kier alpha value is -1.92. The summed E-state index contributed by atoms with van der Waals surface area (Å²) >= 11 is 0. The molecule has 0 radical (unpaired) electrons. The number of carbonyl (C=O) groups is 1. The third kappa shape index (κ3) is 4.01. The molecule has 1 N–H and O–H groups in total. The fourth-order valence-corrected chi connectivity index (χ4v) is 4.83. The Kier molecular flexibility index (Phi) is 5.45. The Morgan fingerprint density at radius 2 is 2.00 bits per heavy atom. The van der Waals surface area contributed by atoms with E-state index in [0.717, 1.165) is 68.8 Å². The van der Waals surface area contributed by atoms with E-state index in [1.54, 1.807) is 0 Å². The first kappa shape index (κ1) is 18.4. The van der Waals surface area contributed by atoms with Crippen molar-refractivity contribution in [2.45, 2.75) is 38.1 Å². The normalized spacial score (nSPS) is 25.1. The van der Waals surface area contributed by atoms with E-state index in [1.165, 1.54) is 0 Å². The molecule has 146 valence electrons. The molecule has 4 rings (SSSR count). The number of likely N-dealkylation sites (tertiary alicyclic amines) is 1. The molecule has 6 nitrogen and oxygen atoms in total. The predicted octanol–water partition coefficient (Wildman–Crippen LogP) is 2.71. The second-order valence-corrected chi connectivity index (χ2v) is 8.03. The molecule has 2 fully saturated rings. The summed E-state index contributed by atoms with van der Waals surface area (Å²) in [6.45, 7) is 3.65. The number of ether oxygens (including phenoxy) is 1. The van der Waals surface area contributed by atoms with Gasteiger partial charge in [-0.15, -0.1) is 0 Å². The van der Waals surface area contributed by atoms with Crippen LogP contribution in [0.15, 0.2) is 24.3 Å². The summed E-state index contributed by atoms with van der Waals surface area (Å²) in [5.41, 5.74) is 2.15. The number of aryl methyl sites for hydroxylation is 1. The molecule has 0 unspecified atom stereocenters. The molecular weight excluding hydrogens is 342 g/mol. The maximum atomic E-state index is 11.4. The first-order valence-corrected chi connectivity index (χ1v) is 10.1. The van der Waals surface area contributed by atoms with Gasteiger partial charge < -0.3 is 14.4 Å². The number of aromatic nitrogens is 2. The fourth-order valence-electron chi connectivity index (χ4n) is 4.83. The van der Waals surface area contributed by atoms with Gasteiger partial charge in [0.25, 0.3) is 0 Å². The minimum Gasteiger partial charge on any atom is -0.481 e. The molecular formula is C21H29N3O3. The van der Waals surface area contributed by atoms with Crippen molar-refractivity contribution < 1.29 is 14.6 Å². The molecule has 1 aromatic carbocycles. The van der Waals surface area contributed by atoms with Crippen LogP contribution in [-0.2, 0) is 23.0 Å². The van der Waals surface area contributed by atoms with Gasteiger partial charge in [-0.05, 0) is 49.8 Å². The van der Waals surface area contributed by atoms with Crippen molar-refractivity contribution in [3.63, 3.8) is 0 Å². The van der Waals surface area contributed by atoms with Crippen molar-refractivity contribution in [2.24, 2.45) is 18.9 Å². The van der Waals surface area contributed by atoms with Gasteiger partial charge in [0, 0.05) is 45.7 Å². The first-order chi connectivity index (χ1) is 13.1. The van der Waals surface area contributed by atoms with Crippen molar-refractivity contribution >= 4 is 17.0 Å². The van der Waals surface area contributed by atoms with Gasteiger partial charge in [-0.2, -0.15) is 0 Å². The van der Waals surface area contributed by atoms with Crippen molar-refractivity contribution in [1.29, 1.82) is 0 Å². The molecule has 3 heterocycles. The molecule has 27 heavy (non-hydrogen) atoms. The number of nitrogens with zero attached hydrogens (tertiary/aromatic N) is 3. The summed E-state index contributed by atoms with van der Waals surface area (Å²) in [6, 6.07) is 8.76. The maximum Gasteiger partial charge on any atom is 0.303 e. The summed E-state index contributed by atoms with van der Waals surface area (Å²) in [5, 5.41) is 9.38. The third-order valence-corrected chi connectivity index (χ3v) is 6.39. The van der Waals surface area contributed by atoms with E-state index in [0.29, 0.717) is 12.0 Å². The van der Waals surface area contributed by atoms with Gasteiger partial charge in [0.05, 0.1) is 11.0 Å². The Bertz CT molecular complexity index is 797. The topological polar surface area (TPSA) is 67.6 Å². The molecule has 2 aliphatic heterocycles. The number of carboxylic acids is 1. The summed E-state index contributed by atoms with van der Waals surface area (Å²) < 4.78 is 7.69. The van der Waals surface area contributed by atoms with E-state index in [4.69, 9.17) is 9.72 Å². The van der Waals surface area contributed by atoms with E-state index < -0.39 is 5.97 Å². The Labute approximate surface area is 160 Å². The van der Waals surface area contributed by atoms with Crippen LogP contribution in [0.25, 0.3) is 11.0 Å². The number of piperidine rings is 1. The number of hydrogen-bond acceptors (Lipinski definition) is 4. The first-order valence-electron chi connectivity index (χ1n) is 10.1. The number of hydrogen-bond donors (Lipinski definition) is 1. The fraction of sp³-hybridized carbons (Fsp3) is 0.619. The van der Waals surface area contributed by atoms with Crippen LogP contribution in [-0.4, -0.2) is 57.9 Å². The monoisotopic (exact) mass is 371 g/mol. The zero-order valence-electron chi connectivity index (χ0n) is 16.0. The standard InChI is InChI=1S/C21H29N3O3/c1-23-19-5-3-2-4-18(19)22-20(23)12-16-14-24(17-7-10-27-11-8-17)9-6-15(16)13-21(25)26/h2-5,15-17H,6-14H2,1H3,(H,25,26)/t15-,16-/m0/s1. The lowest BCUT2D eigenvalue weighted by Crippen LogP contribution is -2.48. The molecule has 0 spiro atoms. The molecule has 2 saturated heterocycles. The maximum absolute atomic E-state index is 11.4. The van der Waals surface area contributed by atoms with Gasteiger partial charge in [-0.3, -0.25) is 9.69 Å². The van der Waals surface area contributed by atoms with Gasteiger partial charge in [0.2, 0.25) is 0 Å². The highest BCUT2D eigenvalue weighted by atomic mass is 16.5. The molecule has 2 atom stereocenters. The highest BCUT2D eigenvalue weighted by Crippen LogP contribution is 2.32. The molecule has 0 bridgehead atoms. The molecule has 1 aromatic heterocycles. The number of imidazole rings is 1.